The summed E-state index contributed by atoms with van der Waals surface area (Å²) in [5, 5.41) is 9.81. The molecule has 2 aromatic carbocycles. The van der Waals surface area contributed by atoms with Gasteiger partial charge in [-0.15, -0.1) is 11.6 Å². The van der Waals surface area contributed by atoms with Crippen molar-refractivity contribution in [2.24, 2.45) is 0 Å². The van der Waals surface area contributed by atoms with Gasteiger partial charge in [0, 0.05) is 23.6 Å². The van der Waals surface area contributed by atoms with Crippen LogP contribution in [0.25, 0.3) is 0 Å². The molecule has 0 N–H and O–H groups in total. The van der Waals surface area contributed by atoms with Crippen molar-refractivity contribution in [2.45, 2.75) is 5.88 Å². The fourth-order valence-electron chi connectivity index (χ4n) is 1.95. The molecule has 0 aromatic heterocycles. The summed E-state index contributed by atoms with van der Waals surface area (Å²) in [6.45, 7) is 0. The summed E-state index contributed by atoms with van der Waals surface area (Å²) in [6, 6.07) is 15.2. The third kappa shape index (κ3) is 2.84. The van der Waals surface area contributed by atoms with Crippen LogP contribution in [-0.2, 0) is 5.88 Å². The molecule has 0 radical (unpaired) electrons. The lowest BCUT2D eigenvalue weighted by Crippen LogP contribution is -2.12. The zero-order valence-electron chi connectivity index (χ0n) is 10.4. The summed E-state index contributed by atoms with van der Waals surface area (Å²) in [7, 11) is 1.90. The molecule has 0 heterocycles. The summed E-state index contributed by atoms with van der Waals surface area (Å²) in [4.78, 5) is 1.93. The lowest BCUT2D eigenvalue weighted by molar-refractivity contribution is 1.17. The summed E-state index contributed by atoms with van der Waals surface area (Å²) in [6.07, 6.45) is 0. The molecule has 2 aromatic rings. The average molecular weight is 291 g/mol. The van der Waals surface area contributed by atoms with Gasteiger partial charge in [0.25, 0.3) is 0 Å². The van der Waals surface area contributed by atoms with E-state index in [1.54, 1.807) is 6.07 Å². The third-order valence-corrected chi connectivity index (χ3v) is 3.46. The monoisotopic (exact) mass is 290 g/mol. The molecule has 2 nitrogen and oxygen atoms in total. The highest BCUT2D eigenvalue weighted by Crippen LogP contribution is 2.32. The van der Waals surface area contributed by atoms with E-state index in [0.717, 1.165) is 16.9 Å². The first-order valence-electron chi connectivity index (χ1n) is 5.74. The van der Waals surface area contributed by atoms with Crippen molar-refractivity contribution in [2.75, 3.05) is 11.9 Å². The van der Waals surface area contributed by atoms with E-state index in [1.807, 2.05) is 48.3 Å². The van der Waals surface area contributed by atoms with Crippen molar-refractivity contribution in [1.82, 2.24) is 0 Å². The molecule has 4 heteroatoms. The van der Waals surface area contributed by atoms with Gasteiger partial charge < -0.3 is 4.90 Å². The van der Waals surface area contributed by atoms with Gasteiger partial charge in [-0.2, -0.15) is 5.26 Å². The number of para-hydroxylation sites is 1. The van der Waals surface area contributed by atoms with E-state index in [1.165, 1.54) is 0 Å². The molecular formula is C15H12Cl2N2. The Bertz CT molecular complexity index is 632. The second-order valence-corrected chi connectivity index (χ2v) is 4.80. The molecule has 0 aliphatic heterocycles. The Balaban J connectivity index is 2.53. The van der Waals surface area contributed by atoms with Gasteiger partial charge in [-0.1, -0.05) is 29.8 Å². The molecule has 0 unspecified atom stereocenters. The topological polar surface area (TPSA) is 27.0 Å². The highest BCUT2D eigenvalue weighted by molar-refractivity contribution is 6.31. The van der Waals surface area contributed by atoms with E-state index in [0.29, 0.717) is 16.5 Å². The van der Waals surface area contributed by atoms with Crippen LogP contribution >= 0.6 is 23.2 Å². The SMILES string of the molecule is CN(c1ccccc1C#N)c1cc(Cl)ccc1CCl. The molecular weight excluding hydrogens is 279 g/mol. The second-order valence-electron chi connectivity index (χ2n) is 4.09. The Hall–Kier alpha value is -1.69. The molecule has 0 saturated heterocycles. The number of rotatable bonds is 3. The fraction of sp³-hybridized carbons (Fsp3) is 0.133. The standard InChI is InChI=1S/C15H12Cl2N2/c1-19(14-5-3-2-4-12(14)10-18)15-8-13(17)7-6-11(15)9-16/h2-8H,9H2,1H3. The number of halogens is 2. The Kier molecular flexibility index (Phi) is 4.31. The van der Waals surface area contributed by atoms with Crippen LogP contribution in [0.1, 0.15) is 11.1 Å². The number of hydrogen-bond acceptors (Lipinski definition) is 2. The normalized spacial score (nSPS) is 10.0. The van der Waals surface area contributed by atoms with Crippen LogP contribution in [-0.4, -0.2) is 7.05 Å². The first-order valence-corrected chi connectivity index (χ1v) is 6.66. The van der Waals surface area contributed by atoms with Crippen LogP contribution in [0.5, 0.6) is 0 Å². The highest BCUT2D eigenvalue weighted by Gasteiger charge is 2.12. The Morgan fingerprint density at radius 1 is 1.16 bits per heavy atom. The Morgan fingerprint density at radius 2 is 1.89 bits per heavy atom. The van der Waals surface area contributed by atoms with Crippen molar-refractivity contribution < 1.29 is 0 Å². The van der Waals surface area contributed by atoms with Crippen LogP contribution in [0.2, 0.25) is 5.02 Å². The van der Waals surface area contributed by atoms with Crippen LogP contribution in [0.15, 0.2) is 42.5 Å². The number of anilines is 2. The number of nitriles is 1. The quantitative estimate of drug-likeness (QED) is 0.765. The van der Waals surface area contributed by atoms with E-state index in [-0.39, 0.29) is 0 Å². The molecule has 19 heavy (non-hydrogen) atoms. The zero-order chi connectivity index (χ0) is 13.8. The zero-order valence-corrected chi connectivity index (χ0v) is 11.9. The smallest absolute Gasteiger partial charge is 0.101 e. The highest BCUT2D eigenvalue weighted by atomic mass is 35.5. The van der Waals surface area contributed by atoms with E-state index in [9.17, 15) is 0 Å². The lowest BCUT2D eigenvalue weighted by Gasteiger charge is -2.23. The maximum atomic E-state index is 9.17. The van der Waals surface area contributed by atoms with Crippen molar-refractivity contribution in [3.63, 3.8) is 0 Å². The van der Waals surface area contributed by atoms with Gasteiger partial charge in [0.05, 0.1) is 11.3 Å². The minimum Gasteiger partial charge on any atom is -0.343 e. The molecule has 0 aliphatic rings. The minimum absolute atomic E-state index is 0.394. The first kappa shape index (κ1) is 13.7. The van der Waals surface area contributed by atoms with E-state index in [4.69, 9.17) is 28.5 Å². The van der Waals surface area contributed by atoms with Gasteiger partial charge in [-0.05, 0) is 29.8 Å². The summed E-state index contributed by atoms with van der Waals surface area (Å²) in [5.41, 5.74) is 3.33. The van der Waals surface area contributed by atoms with Crippen LogP contribution < -0.4 is 4.90 Å². The van der Waals surface area contributed by atoms with E-state index < -0.39 is 0 Å². The predicted octanol–water partition coefficient (Wildman–Crippen LogP) is 4.72. The van der Waals surface area contributed by atoms with Gasteiger partial charge in [0.15, 0.2) is 0 Å². The number of alkyl halides is 1. The molecule has 0 atom stereocenters. The minimum atomic E-state index is 0.394. The van der Waals surface area contributed by atoms with Gasteiger partial charge in [0.2, 0.25) is 0 Å². The lowest BCUT2D eigenvalue weighted by atomic mass is 10.1. The molecule has 0 aliphatic carbocycles. The predicted molar refractivity (Wildman–Crippen MR) is 80.2 cm³/mol. The van der Waals surface area contributed by atoms with Gasteiger partial charge in [-0.3, -0.25) is 0 Å². The molecule has 0 bridgehead atoms. The van der Waals surface area contributed by atoms with Crippen molar-refractivity contribution in [3.8, 4) is 6.07 Å². The van der Waals surface area contributed by atoms with Crippen molar-refractivity contribution in [1.29, 1.82) is 5.26 Å². The average Bonchev–Trinajstić information content (AvgIpc) is 2.46. The molecule has 2 rings (SSSR count). The Morgan fingerprint density at radius 3 is 2.58 bits per heavy atom. The van der Waals surface area contributed by atoms with Crippen LogP contribution in [0.4, 0.5) is 11.4 Å². The summed E-state index contributed by atoms with van der Waals surface area (Å²) in [5.74, 6) is 0.394. The summed E-state index contributed by atoms with van der Waals surface area (Å²) >= 11 is 12.0. The third-order valence-electron chi connectivity index (χ3n) is 2.94. The second kappa shape index (κ2) is 5.97. The summed E-state index contributed by atoms with van der Waals surface area (Å²) < 4.78 is 0. The van der Waals surface area contributed by atoms with Crippen molar-refractivity contribution in [3.05, 3.63) is 58.6 Å². The Labute approximate surface area is 122 Å². The largest absolute Gasteiger partial charge is 0.343 e. The van der Waals surface area contributed by atoms with Gasteiger partial charge >= 0.3 is 0 Å². The molecule has 96 valence electrons. The van der Waals surface area contributed by atoms with Crippen LogP contribution in [0, 0.1) is 11.3 Å². The number of benzene rings is 2. The number of nitrogens with zero attached hydrogens (tertiary/aromatic N) is 2. The van der Waals surface area contributed by atoms with E-state index >= 15 is 0 Å². The van der Waals surface area contributed by atoms with Crippen LogP contribution in [0.3, 0.4) is 0 Å². The van der Waals surface area contributed by atoms with E-state index in [2.05, 4.69) is 6.07 Å². The van der Waals surface area contributed by atoms with Gasteiger partial charge in [0.1, 0.15) is 6.07 Å². The maximum Gasteiger partial charge on any atom is 0.101 e. The first-order chi connectivity index (χ1) is 9.17. The molecule has 0 saturated carbocycles. The molecule has 0 spiro atoms. The maximum absolute atomic E-state index is 9.17. The number of hydrogen-bond donors (Lipinski definition) is 0. The fourth-order valence-corrected chi connectivity index (χ4v) is 2.35. The molecule has 0 fully saturated rings. The molecule has 0 amide bonds. The van der Waals surface area contributed by atoms with Crippen molar-refractivity contribution >= 4 is 34.6 Å². The van der Waals surface area contributed by atoms with Gasteiger partial charge in [-0.25, -0.2) is 0 Å².